The molecule has 1 saturated heterocycles. The third kappa shape index (κ3) is 5.49. The molecule has 0 atom stereocenters. The van der Waals surface area contributed by atoms with Crippen molar-refractivity contribution in [2.24, 2.45) is 0 Å². The number of hydrogen-bond donors (Lipinski definition) is 3. The lowest BCUT2D eigenvalue weighted by atomic mass is 10.0. The van der Waals surface area contributed by atoms with Crippen molar-refractivity contribution in [1.29, 1.82) is 5.53 Å². The average molecular weight is 553 g/mol. The molecule has 2 aromatic carbocycles. The molecule has 212 valence electrons. The van der Waals surface area contributed by atoms with Crippen LogP contribution in [-0.2, 0) is 24.2 Å². The molecule has 0 radical (unpaired) electrons. The lowest BCUT2D eigenvalue weighted by molar-refractivity contribution is -0.129. The van der Waals surface area contributed by atoms with E-state index in [0.717, 1.165) is 60.7 Å². The van der Waals surface area contributed by atoms with E-state index in [1.165, 1.54) is 28.5 Å². The Balaban J connectivity index is 0.00000108. The summed E-state index contributed by atoms with van der Waals surface area (Å²) in [4.78, 5) is 27.3. The standard InChI is InChI=1S/C30H35N7O.HN3/c1-4-21-17-32-30(34-28(21)24-18-37-10-6-8-22-7-5-9-23(24)29(22)37)33-26-16-25(31)27(15-19(26)2)36-13-11-35(12-14-36)20(3)38;1-3-2/h5,7,9,15-18H,4,6,8,10-14,31H2,1-3H3,(H,32,33,34);1H. The maximum absolute atomic E-state index is 11.7. The highest BCUT2D eigenvalue weighted by Gasteiger charge is 2.22. The molecule has 11 heteroatoms. The van der Waals surface area contributed by atoms with Gasteiger partial charge < -0.3 is 25.4 Å². The number of para-hydroxylation sites is 1. The Hall–Kier alpha value is -4.76. The Bertz CT molecular complexity index is 1630. The van der Waals surface area contributed by atoms with Gasteiger partial charge in [0, 0.05) is 68.7 Å². The molecule has 0 spiro atoms. The Kier molecular flexibility index (Phi) is 7.98. The highest BCUT2D eigenvalue weighted by molar-refractivity contribution is 5.98. The van der Waals surface area contributed by atoms with E-state index in [2.05, 4.69) is 64.1 Å². The van der Waals surface area contributed by atoms with Gasteiger partial charge in [-0.05, 0) is 65.5 Å². The first-order valence-corrected chi connectivity index (χ1v) is 14.0. The summed E-state index contributed by atoms with van der Waals surface area (Å²) in [5.41, 5.74) is 28.5. The summed E-state index contributed by atoms with van der Waals surface area (Å²) in [6, 6.07) is 10.7. The molecule has 0 bridgehead atoms. The maximum atomic E-state index is 11.7. The van der Waals surface area contributed by atoms with E-state index in [9.17, 15) is 4.79 Å². The summed E-state index contributed by atoms with van der Waals surface area (Å²) < 4.78 is 2.39. The van der Waals surface area contributed by atoms with Crippen LogP contribution >= 0.6 is 0 Å². The van der Waals surface area contributed by atoms with Crippen LogP contribution in [0, 0.1) is 12.5 Å². The number of amides is 1. The van der Waals surface area contributed by atoms with Crippen molar-refractivity contribution in [3.8, 4) is 11.3 Å². The summed E-state index contributed by atoms with van der Waals surface area (Å²) >= 11 is 0. The number of aromatic nitrogens is 3. The number of hydrogen-bond acceptors (Lipinski definition) is 7. The van der Waals surface area contributed by atoms with Gasteiger partial charge in [0.25, 0.3) is 0 Å². The third-order valence-corrected chi connectivity index (χ3v) is 8.01. The van der Waals surface area contributed by atoms with Crippen LogP contribution in [0.2, 0.25) is 0 Å². The van der Waals surface area contributed by atoms with Crippen LogP contribution < -0.4 is 16.0 Å². The van der Waals surface area contributed by atoms with Gasteiger partial charge in [0.2, 0.25) is 11.9 Å². The van der Waals surface area contributed by atoms with Crippen molar-refractivity contribution in [3.63, 3.8) is 0 Å². The second-order valence-electron chi connectivity index (χ2n) is 10.5. The minimum atomic E-state index is 0.125. The van der Waals surface area contributed by atoms with Gasteiger partial charge in [0.15, 0.2) is 0 Å². The normalized spacial score (nSPS) is 14.3. The van der Waals surface area contributed by atoms with Crippen molar-refractivity contribution in [2.75, 3.05) is 42.1 Å². The van der Waals surface area contributed by atoms with Crippen LogP contribution in [0.1, 0.15) is 37.0 Å². The molecule has 0 unspecified atom stereocenters. The van der Waals surface area contributed by atoms with Crippen LogP contribution in [0.15, 0.2) is 42.7 Å². The zero-order valence-corrected chi connectivity index (χ0v) is 23.8. The minimum absolute atomic E-state index is 0.125. The number of benzene rings is 2. The van der Waals surface area contributed by atoms with Gasteiger partial charge in [-0.2, -0.15) is 0 Å². The van der Waals surface area contributed by atoms with Crippen LogP contribution in [0.25, 0.3) is 32.6 Å². The van der Waals surface area contributed by atoms with E-state index in [1.807, 2.05) is 17.2 Å². The smallest absolute Gasteiger partial charge is 0.227 e. The van der Waals surface area contributed by atoms with Crippen LogP contribution in [0.3, 0.4) is 0 Å². The molecule has 11 nitrogen and oxygen atoms in total. The highest BCUT2D eigenvalue weighted by atomic mass is 16.2. The topological polar surface area (TPSA) is 153 Å². The Morgan fingerprint density at radius 3 is 2.66 bits per heavy atom. The number of nitrogens with zero attached hydrogens (tertiary/aromatic N) is 7. The van der Waals surface area contributed by atoms with Gasteiger partial charge in [-0.15, -0.1) is 5.53 Å². The molecule has 1 amide bonds. The molecule has 2 aromatic heterocycles. The number of piperazine rings is 1. The molecular weight excluding hydrogens is 516 g/mol. The first kappa shape index (κ1) is 27.8. The molecule has 1 fully saturated rings. The molecule has 4 heterocycles. The van der Waals surface area contributed by atoms with Crippen molar-refractivity contribution in [2.45, 2.75) is 46.6 Å². The van der Waals surface area contributed by atoms with Crippen LogP contribution in [0.4, 0.5) is 23.0 Å². The van der Waals surface area contributed by atoms with E-state index in [4.69, 9.17) is 21.8 Å². The van der Waals surface area contributed by atoms with E-state index >= 15 is 0 Å². The quantitative estimate of drug-likeness (QED) is 0.123. The van der Waals surface area contributed by atoms with Crippen molar-refractivity contribution < 1.29 is 4.79 Å². The van der Waals surface area contributed by atoms with E-state index < -0.39 is 0 Å². The number of rotatable bonds is 5. The largest absolute Gasteiger partial charge is 0.397 e. The molecular formula is C30H36N10O. The van der Waals surface area contributed by atoms with Crippen molar-refractivity contribution >= 4 is 39.8 Å². The summed E-state index contributed by atoms with van der Waals surface area (Å²) in [5.74, 6) is 0.689. The first-order valence-electron chi connectivity index (χ1n) is 14.0. The number of anilines is 4. The van der Waals surface area contributed by atoms with Gasteiger partial charge in [0.1, 0.15) is 0 Å². The predicted molar refractivity (Wildman–Crippen MR) is 163 cm³/mol. The summed E-state index contributed by atoms with van der Waals surface area (Å²) in [6.07, 6.45) is 7.36. The predicted octanol–water partition coefficient (Wildman–Crippen LogP) is 5.79. The summed E-state index contributed by atoms with van der Waals surface area (Å²) in [7, 11) is 0. The molecule has 6 rings (SSSR count). The fourth-order valence-corrected chi connectivity index (χ4v) is 5.90. The number of nitrogen functional groups attached to an aromatic ring is 1. The molecule has 41 heavy (non-hydrogen) atoms. The molecule has 4 N–H and O–H groups in total. The van der Waals surface area contributed by atoms with Gasteiger partial charge in [-0.1, -0.05) is 25.1 Å². The van der Waals surface area contributed by atoms with E-state index in [1.54, 1.807) is 11.8 Å². The number of carbonyl (C=O) groups is 1. The molecule has 2 aliphatic heterocycles. The second-order valence-corrected chi connectivity index (χ2v) is 10.5. The fraction of sp³-hybridized carbons (Fsp3) is 0.367. The highest BCUT2D eigenvalue weighted by Crippen LogP contribution is 2.37. The average Bonchev–Trinajstić information content (AvgIpc) is 3.35. The zero-order chi connectivity index (χ0) is 29.1. The molecule has 2 aliphatic rings. The lowest BCUT2D eigenvalue weighted by Gasteiger charge is -2.36. The Morgan fingerprint density at radius 1 is 1.20 bits per heavy atom. The lowest BCUT2D eigenvalue weighted by Crippen LogP contribution is -2.48. The molecule has 4 aromatic rings. The van der Waals surface area contributed by atoms with Gasteiger partial charge >= 0.3 is 0 Å². The van der Waals surface area contributed by atoms with E-state index in [-0.39, 0.29) is 5.91 Å². The second kappa shape index (κ2) is 11.8. The Morgan fingerprint density at radius 2 is 1.95 bits per heavy atom. The SMILES string of the molecule is CCc1cnc(Nc2cc(N)c(N3CCN(C(C)=O)CC3)cc2C)nc1-c1cn2c3c(cccc13)CCC2.[N-]=[N+]=N. The van der Waals surface area contributed by atoms with Crippen LogP contribution in [0.5, 0.6) is 0 Å². The Labute approximate surface area is 239 Å². The maximum Gasteiger partial charge on any atom is 0.227 e. The number of nitrogens with one attached hydrogen (secondary N) is 2. The summed E-state index contributed by atoms with van der Waals surface area (Å²) in [5, 5.41) is 4.70. The molecule has 0 saturated carbocycles. The number of nitrogens with two attached hydrogens (primary N) is 1. The van der Waals surface area contributed by atoms with E-state index in [0.29, 0.717) is 24.7 Å². The third-order valence-electron chi connectivity index (χ3n) is 8.01. The fourth-order valence-electron chi connectivity index (χ4n) is 5.90. The van der Waals surface area contributed by atoms with Gasteiger partial charge in [0.05, 0.1) is 22.6 Å². The number of aryl methyl sites for hydroxylation is 4. The number of carbonyl (C=O) groups excluding carboxylic acids is 1. The molecule has 0 aliphatic carbocycles. The first-order chi connectivity index (χ1) is 19.8. The van der Waals surface area contributed by atoms with Crippen molar-refractivity contribution in [1.82, 2.24) is 19.4 Å². The monoisotopic (exact) mass is 552 g/mol. The summed E-state index contributed by atoms with van der Waals surface area (Å²) in [6.45, 7) is 9.87. The zero-order valence-electron chi connectivity index (χ0n) is 23.8. The van der Waals surface area contributed by atoms with Gasteiger partial charge in [-0.25, -0.2) is 9.97 Å². The van der Waals surface area contributed by atoms with Crippen LogP contribution in [-0.4, -0.2) is 51.5 Å². The van der Waals surface area contributed by atoms with Crippen molar-refractivity contribution in [3.05, 3.63) is 69.9 Å². The van der Waals surface area contributed by atoms with Gasteiger partial charge in [-0.3, -0.25) is 4.79 Å². The minimum Gasteiger partial charge on any atom is -0.397 e.